The van der Waals surface area contributed by atoms with Crippen LogP contribution >= 0.6 is 0 Å². The van der Waals surface area contributed by atoms with Crippen molar-refractivity contribution in [1.29, 1.82) is 0 Å². The lowest BCUT2D eigenvalue weighted by Gasteiger charge is -2.41. The molecule has 0 radical (unpaired) electrons. The lowest BCUT2D eigenvalue weighted by atomic mass is 9.81. The number of anilines is 1. The molecule has 0 spiro atoms. The van der Waals surface area contributed by atoms with Gasteiger partial charge in [0.1, 0.15) is 12.1 Å². The van der Waals surface area contributed by atoms with Gasteiger partial charge >= 0.3 is 0 Å². The Hall–Kier alpha value is -3.34. The van der Waals surface area contributed by atoms with E-state index in [1.54, 1.807) is 10.5 Å². The van der Waals surface area contributed by atoms with E-state index in [9.17, 15) is 4.39 Å². The van der Waals surface area contributed by atoms with E-state index in [0.717, 1.165) is 24.5 Å². The SMILES string of the molecule is Fc1ccc2c(c(N3CCCC4C(C#CC5CCC5)=CN=CC43)nc3nncn32)c1F. The minimum atomic E-state index is -0.911. The van der Waals surface area contributed by atoms with E-state index >= 15 is 4.39 Å². The predicted octanol–water partition coefficient (Wildman–Crippen LogP) is 3.91. The van der Waals surface area contributed by atoms with Gasteiger partial charge in [-0.1, -0.05) is 18.3 Å². The molecule has 3 aromatic rings. The van der Waals surface area contributed by atoms with Gasteiger partial charge in [-0.2, -0.15) is 4.98 Å². The van der Waals surface area contributed by atoms with Gasteiger partial charge < -0.3 is 4.90 Å². The van der Waals surface area contributed by atoms with E-state index in [2.05, 4.69) is 32.0 Å². The van der Waals surface area contributed by atoms with E-state index in [1.807, 2.05) is 17.3 Å². The van der Waals surface area contributed by atoms with Crippen molar-refractivity contribution in [3.8, 4) is 11.8 Å². The summed E-state index contributed by atoms with van der Waals surface area (Å²) in [6.07, 6.45) is 10.6. The first kappa shape index (κ1) is 18.4. The van der Waals surface area contributed by atoms with Crippen molar-refractivity contribution >= 4 is 28.7 Å². The van der Waals surface area contributed by atoms with Crippen LogP contribution in [0.1, 0.15) is 32.1 Å². The lowest BCUT2D eigenvalue weighted by molar-refractivity contribution is 0.400. The van der Waals surface area contributed by atoms with Crippen molar-refractivity contribution in [3.63, 3.8) is 0 Å². The third-order valence-corrected chi connectivity index (χ3v) is 6.63. The summed E-state index contributed by atoms with van der Waals surface area (Å²) in [6.45, 7) is 0.666. The molecule has 1 aliphatic carbocycles. The third kappa shape index (κ3) is 2.91. The second-order valence-corrected chi connectivity index (χ2v) is 8.40. The van der Waals surface area contributed by atoms with E-state index in [4.69, 9.17) is 0 Å². The molecule has 0 bridgehead atoms. The first-order chi connectivity index (χ1) is 15.2. The topological polar surface area (TPSA) is 58.7 Å². The maximum atomic E-state index is 15.0. The molecule has 31 heavy (non-hydrogen) atoms. The summed E-state index contributed by atoms with van der Waals surface area (Å²) >= 11 is 0. The van der Waals surface area contributed by atoms with Crippen LogP contribution < -0.4 is 4.90 Å². The average Bonchev–Trinajstić information content (AvgIpc) is 3.23. The van der Waals surface area contributed by atoms with Gasteiger partial charge in [-0.3, -0.25) is 9.39 Å². The van der Waals surface area contributed by atoms with Crippen molar-refractivity contribution in [3.05, 3.63) is 41.9 Å². The first-order valence-corrected chi connectivity index (χ1v) is 10.7. The Balaban J connectivity index is 1.46. The molecule has 6 rings (SSSR count). The normalized spacial score (nSPS) is 23.3. The number of aromatic nitrogens is 4. The van der Waals surface area contributed by atoms with Gasteiger partial charge in [0, 0.05) is 36.4 Å². The molecule has 0 amide bonds. The summed E-state index contributed by atoms with van der Waals surface area (Å²) < 4.78 is 30.8. The predicted molar refractivity (Wildman–Crippen MR) is 114 cm³/mol. The highest BCUT2D eigenvalue weighted by Gasteiger charge is 2.36. The van der Waals surface area contributed by atoms with Crippen LogP contribution in [0, 0.1) is 35.3 Å². The van der Waals surface area contributed by atoms with Crippen molar-refractivity contribution in [2.45, 2.75) is 38.1 Å². The largest absolute Gasteiger partial charge is 0.347 e. The van der Waals surface area contributed by atoms with Gasteiger partial charge in [0.05, 0.1) is 16.9 Å². The van der Waals surface area contributed by atoms with Crippen LogP contribution in [-0.2, 0) is 0 Å². The molecular weight excluding hydrogens is 398 g/mol. The molecule has 6 nitrogen and oxygen atoms in total. The van der Waals surface area contributed by atoms with E-state index in [1.165, 1.54) is 25.6 Å². The Bertz CT molecular complexity index is 1310. The summed E-state index contributed by atoms with van der Waals surface area (Å²) in [5.74, 6) is 6.31. The Kier molecular flexibility index (Phi) is 4.23. The molecule has 2 fully saturated rings. The second-order valence-electron chi connectivity index (χ2n) is 8.40. The van der Waals surface area contributed by atoms with Gasteiger partial charge in [0.15, 0.2) is 11.6 Å². The second kappa shape index (κ2) is 7.12. The molecule has 0 N–H and O–H groups in total. The Morgan fingerprint density at radius 1 is 1.10 bits per heavy atom. The summed E-state index contributed by atoms with van der Waals surface area (Å²) in [5.41, 5.74) is 1.50. The van der Waals surface area contributed by atoms with Crippen molar-refractivity contribution in [2.24, 2.45) is 16.8 Å². The summed E-state index contributed by atoms with van der Waals surface area (Å²) in [5, 5.41) is 8.09. The minimum absolute atomic E-state index is 0.117. The standard InChI is InChI=1S/C23H20F2N6/c24-17-8-9-18-20(21(17)25)22(28-23-29-27-13-31(18)23)30-10-2-5-16-15(11-26-12-19(16)30)7-6-14-3-1-4-14/h8-9,11-14,16,19H,1-5,10H2. The quantitative estimate of drug-likeness (QED) is 0.562. The molecule has 156 valence electrons. The molecule has 1 saturated heterocycles. The number of rotatable bonds is 1. The Morgan fingerprint density at radius 3 is 2.84 bits per heavy atom. The monoisotopic (exact) mass is 418 g/mol. The Labute approximate surface area is 177 Å². The van der Waals surface area contributed by atoms with Crippen LogP contribution in [0.5, 0.6) is 0 Å². The van der Waals surface area contributed by atoms with Gasteiger partial charge in [-0.05, 0) is 37.8 Å². The molecule has 1 saturated carbocycles. The summed E-state index contributed by atoms with van der Waals surface area (Å²) in [6, 6.07) is 2.55. The van der Waals surface area contributed by atoms with Crippen molar-refractivity contribution in [2.75, 3.05) is 11.4 Å². The molecule has 8 heteroatoms. The van der Waals surface area contributed by atoms with Gasteiger partial charge in [0.2, 0.25) is 0 Å². The van der Waals surface area contributed by atoms with Crippen molar-refractivity contribution < 1.29 is 8.78 Å². The fraction of sp³-hybridized carbons (Fsp3) is 0.391. The van der Waals surface area contributed by atoms with Gasteiger partial charge in [0.25, 0.3) is 5.78 Å². The van der Waals surface area contributed by atoms with Crippen LogP contribution in [0.2, 0.25) is 0 Å². The molecule has 2 atom stereocenters. The number of piperidine rings is 1. The van der Waals surface area contributed by atoms with Gasteiger partial charge in [-0.25, -0.2) is 8.78 Å². The lowest BCUT2D eigenvalue weighted by Crippen LogP contribution is -2.48. The number of nitrogens with zero attached hydrogens (tertiary/aromatic N) is 6. The molecule has 2 aromatic heterocycles. The highest BCUT2D eigenvalue weighted by Crippen LogP contribution is 2.38. The number of benzene rings is 1. The smallest absolute Gasteiger partial charge is 0.257 e. The third-order valence-electron chi connectivity index (χ3n) is 6.63. The zero-order valence-electron chi connectivity index (χ0n) is 16.8. The molecule has 4 heterocycles. The van der Waals surface area contributed by atoms with Crippen molar-refractivity contribution in [1.82, 2.24) is 19.6 Å². The van der Waals surface area contributed by atoms with Gasteiger partial charge in [-0.15, -0.1) is 10.2 Å². The van der Waals surface area contributed by atoms with Crippen LogP contribution in [0.25, 0.3) is 16.7 Å². The zero-order valence-corrected chi connectivity index (χ0v) is 16.8. The van der Waals surface area contributed by atoms with E-state index < -0.39 is 11.6 Å². The summed E-state index contributed by atoms with van der Waals surface area (Å²) in [4.78, 5) is 11.1. The average molecular weight is 418 g/mol. The molecule has 2 aliphatic heterocycles. The molecular formula is C23H20F2N6. The zero-order chi connectivity index (χ0) is 20.9. The maximum Gasteiger partial charge on any atom is 0.257 e. The highest BCUT2D eigenvalue weighted by atomic mass is 19.2. The van der Waals surface area contributed by atoms with Crippen LogP contribution in [0.4, 0.5) is 14.6 Å². The minimum Gasteiger partial charge on any atom is -0.347 e. The maximum absolute atomic E-state index is 15.0. The number of hydrogen-bond acceptors (Lipinski definition) is 5. The summed E-state index contributed by atoms with van der Waals surface area (Å²) in [7, 11) is 0. The van der Waals surface area contributed by atoms with E-state index in [0.29, 0.717) is 29.6 Å². The fourth-order valence-corrected chi connectivity index (χ4v) is 4.75. The Morgan fingerprint density at radius 2 is 2.00 bits per heavy atom. The number of aliphatic imine (C=N–C) groups is 1. The van der Waals surface area contributed by atoms with Crippen LogP contribution in [0.3, 0.4) is 0 Å². The van der Waals surface area contributed by atoms with E-state index in [-0.39, 0.29) is 17.3 Å². The number of halogens is 2. The number of hydrogen-bond donors (Lipinski definition) is 0. The highest BCUT2D eigenvalue weighted by molar-refractivity contribution is 5.93. The molecule has 1 aromatic carbocycles. The molecule has 2 unspecified atom stereocenters. The molecule has 3 aliphatic rings. The van der Waals surface area contributed by atoms with Crippen LogP contribution in [-0.4, -0.2) is 38.4 Å². The van der Waals surface area contributed by atoms with Crippen LogP contribution in [0.15, 0.2) is 35.2 Å². The fourth-order valence-electron chi connectivity index (χ4n) is 4.75. The first-order valence-electron chi connectivity index (χ1n) is 10.7. The number of fused-ring (bicyclic) bond motifs is 4.